The van der Waals surface area contributed by atoms with Crippen molar-refractivity contribution < 1.29 is 0 Å². The SMILES string of the molecule is CCC1(CC)C=C(C)C=CC1. The van der Waals surface area contributed by atoms with E-state index in [1.54, 1.807) is 0 Å². The van der Waals surface area contributed by atoms with Crippen molar-refractivity contribution in [1.29, 1.82) is 0 Å². The fourth-order valence-electron chi connectivity index (χ4n) is 1.81. The third-order valence-electron chi connectivity index (χ3n) is 2.85. The quantitative estimate of drug-likeness (QED) is 0.563. The van der Waals surface area contributed by atoms with Crippen LogP contribution < -0.4 is 0 Å². The molecule has 0 saturated heterocycles. The highest BCUT2D eigenvalue weighted by atomic mass is 14.3. The van der Waals surface area contributed by atoms with Crippen LogP contribution in [0.15, 0.2) is 23.8 Å². The van der Waals surface area contributed by atoms with Gasteiger partial charge in [0, 0.05) is 0 Å². The molecule has 0 saturated carbocycles. The molecule has 0 N–H and O–H groups in total. The van der Waals surface area contributed by atoms with Crippen LogP contribution in [0.2, 0.25) is 0 Å². The van der Waals surface area contributed by atoms with Crippen LogP contribution in [-0.2, 0) is 0 Å². The first kappa shape index (κ1) is 8.58. The second kappa shape index (κ2) is 3.25. The van der Waals surface area contributed by atoms with Crippen molar-refractivity contribution in [1.82, 2.24) is 0 Å². The molecule has 1 rings (SSSR count). The number of hydrogen-bond donors (Lipinski definition) is 0. The molecule has 0 aromatic heterocycles. The summed E-state index contributed by atoms with van der Waals surface area (Å²) >= 11 is 0. The lowest BCUT2D eigenvalue weighted by Crippen LogP contribution is -2.16. The third-order valence-corrected chi connectivity index (χ3v) is 2.85. The van der Waals surface area contributed by atoms with E-state index in [4.69, 9.17) is 0 Å². The first-order valence-electron chi connectivity index (χ1n) is 4.58. The number of rotatable bonds is 2. The van der Waals surface area contributed by atoms with E-state index in [0.717, 1.165) is 0 Å². The summed E-state index contributed by atoms with van der Waals surface area (Å²) in [6, 6.07) is 0. The Hall–Kier alpha value is -0.520. The maximum atomic E-state index is 2.44. The zero-order valence-electron chi connectivity index (χ0n) is 7.85. The van der Waals surface area contributed by atoms with Gasteiger partial charge in [0.05, 0.1) is 0 Å². The van der Waals surface area contributed by atoms with Gasteiger partial charge in [0.25, 0.3) is 0 Å². The Morgan fingerprint density at radius 1 is 1.36 bits per heavy atom. The molecule has 0 radical (unpaired) electrons. The molecule has 0 heteroatoms. The summed E-state index contributed by atoms with van der Waals surface area (Å²) in [5.41, 5.74) is 1.92. The van der Waals surface area contributed by atoms with E-state index in [9.17, 15) is 0 Å². The highest BCUT2D eigenvalue weighted by molar-refractivity contribution is 5.24. The molecule has 0 unspecified atom stereocenters. The zero-order chi connectivity index (χ0) is 8.32. The van der Waals surface area contributed by atoms with Crippen LogP contribution in [0.3, 0.4) is 0 Å². The Labute approximate surface area is 70.0 Å². The molecular weight excluding hydrogens is 132 g/mol. The van der Waals surface area contributed by atoms with Gasteiger partial charge in [-0.2, -0.15) is 0 Å². The minimum absolute atomic E-state index is 0.485. The molecule has 1 aliphatic carbocycles. The second-order valence-electron chi connectivity index (χ2n) is 3.56. The van der Waals surface area contributed by atoms with Crippen molar-refractivity contribution in [3.8, 4) is 0 Å². The van der Waals surface area contributed by atoms with Crippen LogP contribution in [0.25, 0.3) is 0 Å². The topological polar surface area (TPSA) is 0 Å². The van der Waals surface area contributed by atoms with Gasteiger partial charge >= 0.3 is 0 Å². The van der Waals surface area contributed by atoms with E-state index >= 15 is 0 Å². The zero-order valence-corrected chi connectivity index (χ0v) is 7.85. The average molecular weight is 150 g/mol. The highest BCUT2D eigenvalue weighted by Crippen LogP contribution is 2.36. The Balaban J connectivity index is 2.80. The van der Waals surface area contributed by atoms with E-state index in [1.807, 2.05) is 0 Å². The van der Waals surface area contributed by atoms with Gasteiger partial charge in [-0.3, -0.25) is 0 Å². The summed E-state index contributed by atoms with van der Waals surface area (Å²) in [5.74, 6) is 0. The lowest BCUT2D eigenvalue weighted by atomic mass is 9.75. The molecule has 1 aliphatic rings. The molecule has 0 aromatic rings. The van der Waals surface area contributed by atoms with Crippen LogP contribution in [-0.4, -0.2) is 0 Å². The van der Waals surface area contributed by atoms with E-state index < -0.39 is 0 Å². The molecule has 0 bridgehead atoms. The van der Waals surface area contributed by atoms with E-state index in [2.05, 4.69) is 39.0 Å². The van der Waals surface area contributed by atoms with Gasteiger partial charge in [-0.1, -0.05) is 37.6 Å². The van der Waals surface area contributed by atoms with Crippen LogP contribution in [0, 0.1) is 5.41 Å². The fourth-order valence-corrected chi connectivity index (χ4v) is 1.81. The van der Waals surface area contributed by atoms with Gasteiger partial charge in [0.15, 0.2) is 0 Å². The van der Waals surface area contributed by atoms with Gasteiger partial charge < -0.3 is 0 Å². The van der Waals surface area contributed by atoms with E-state index in [0.29, 0.717) is 5.41 Å². The van der Waals surface area contributed by atoms with Gasteiger partial charge in [-0.25, -0.2) is 0 Å². The Morgan fingerprint density at radius 2 is 2.00 bits per heavy atom. The molecular formula is C11H18. The monoisotopic (exact) mass is 150 g/mol. The average Bonchev–Trinajstić information content (AvgIpc) is 2.04. The molecule has 0 nitrogen and oxygen atoms in total. The standard InChI is InChI=1S/C11H18/c1-4-11(5-2)8-6-7-10(3)9-11/h6-7,9H,4-5,8H2,1-3H3. The summed E-state index contributed by atoms with van der Waals surface area (Å²) in [6.45, 7) is 6.76. The molecule has 0 heterocycles. The lowest BCUT2D eigenvalue weighted by Gasteiger charge is -2.29. The predicted octanol–water partition coefficient (Wildman–Crippen LogP) is 3.70. The van der Waals surface area contributed by atoms with E-state index in [-0.39, 0.29) is 0 Å². The molecule has 0 amide bonds. The minimum atomic E-state index is 0.485. The van der Waals surface area contributed by atoms with Crippen molar-refractivity contribution in [3.05, 3.63) is 23.8 Å². The van der Waals surface area contributed by atoms with Crippen molar-refractivity contribution >= 4 is 0 Å². The molecule has 11 heavy (non-hydrogen) atoms. The minimum Gasteiger partial charge on any atom is -0.0834 e. The molecule has 0 aliphatic heterocycles. The smallest absolute Gasteiger partial charge is 0.00832 e. The number of allylic oxidation sites excluding steroid dienone is 4. The third kappa shape index (κ3) is 1.74. The summed E-state index contributed by atoms with van der Waals surface area (Å²) in [6.07, 6.45) is 10.7. The lowest BCUT2D eigenvalue weighted by molar-refractivity contribution is 0.352. The van der Waals surface area contributed by atoms with Crippen LogP contribution in [0.5, 0.6) is 0 Å². The molecule has 0 fully saturated rings. The maximum Gasteiger partial charge on any atom is -0.00832 e. The van der Waals surface area contributed by atoms with Gasteiger partial charge in [-0.05, 0) is 31.6 Å². The first-order valence-corrected chi connectivity index (χ1v) is 4.58. The van der Waals surface area contributed by atoms with Gasteiger partial charge in [0.1, 0.15) is 0 Å². The van der Waals surface area contributed by atoms with Crippen molar-refractivity contribution in [3.63, 3.8) is 0 Å². The highest BCUT2D eigenvalue weighted by Gasteiger charge is 2.23. The summed E-state index contributed by atoms with van der Waals surface area (Å²) in [5, 5.41) is 0. The molecule has 0 spiro atoms. The molecule has 0 atom stereocenters. The van der Waals surface area contributed by atoms with Crippen molar-refractivity contribution in [2.75, 3.05) is 0 Å². The fraction of sp³-hybridized carbons (Fsp3) is 0.636. The number of hydrogen-bond acceptors (Lipinski definition) is 0. The van der Waals surface area contributed by atoms with Gasteiger partial charge in [0.2, 0.25) is 0 Å². The van der Waals surface area contributed by atoms with Crippen LogP contribution >= 0.6 is 0 Å². The summed E-state index contributed by atoms with van der Waals surface area (Å²) < 4.78 is 0. The first-order chi connectivity index (χ1) is 5.22. The van der Waals surface area contributed by atoms with Crippen LogP contribution in [0.1, 0.15) is 40.0 Å². The van der Waals surface area contributed by atoms with Crippen molar-refractivity contribution in [2.24, 2.45) is 5.41 Å². The Kier molecular flexibility index (Phi) is 2.53. The second-order valence-corrected chi connectivity index (χ2v) is 3.56. The van der Waals surface area contributed by atoms with Crippen LogP contribution in [0.4, 0.5) is 0 Å². The normalized spacial score (nSPS) is 21.5. The molecule has 62 valence electrons. The summed E-state index contributed by atoms with van der Waals surface area (Å²) in [4.78, 5) is 0. The molecule has 0 aromatic carbocycles. The Morgan fingerprint density at radius 3 is 2.36 bits per heavy atom. The largest absolute Gasteiger partial charge is 0.0834 e. The summed E-state index contributed by atoms with van der Waals surface area (Å²) in [7, 11) is 0. The predicted molar refractivity (Wildman–Crippen MR) is 50.5 cm³/mol. The Bertz CT molecular complexity index is 180. The van der Waals surface area contributed by atoms with E-state index in [1.165, 1.54) is 24.8 Å². The van der Waals surface area contributed by atoms with Gasteiger partial charge in [-0.15, -0.1) is 0 Å². The maximum absolute atomic E-state index is 2.44. The van der Waals surface area contributed by atoms with Crippen molar-refractivity contribution in [2.45, 2.75) is 40.0 Å².